The van der Waals surface area contributed by atoms with Crippen LogP contribution in [-0.4, -0.2) is 65.8 Å². The van der Waals surface area contributed by atoms with Crippen LogP contribution in [0.3, 0.4) is 0 Å². The predicted octanol–water partition coefficient (Wildman–Crippen LogP) is 4.43. The van der Waals surface area contributed by atoms with Gasteiger partial charge < -0.3 is 25.2 Å². The number of aliphatic carboxylic acids is 1. The standard InChI is InChI=1S/C36H38Cl2F2N6O10/c1-35(2,3)55-31(51)41-13-15-43-28(47)21(19-9-7-11-23(39)25(19)37)17-45(33(43)53)27(30(49)50)46-18-22(20-10-8-12-24(40)26(20)38)29(48)44(34(46)54)16-14-42-32(52)56-36(4,5)6/h7-12,17-18,27H,13-16H2,1-6H3,(H,41,51)(H,42,52)(H,49,50). The van der Waals surface area contributed by atoms with Crippen LogP contribution in [0, 0.1) is 11.6 Å². The number of aromatic nitrogens is 4. The van der Waals surface area contributed by atoms with Crippen molar-refractivity contribution in [1.29, 1.82) is 0 Å². The largest absolute Gasteiger partial charge is 0.478 e. The Labute approximate surface area is 326 Å². The summed E-state index contributed by atoms with van der Waals surface area (Å²) in [7, 11) is 0. The minimum atomic E-state index is -2.40. The number of rotatable bonds is 11. The first-order valence-corrected chi connectivity index (χ1v) is 17.5. The van der Waals surface area contributed by atoms with Crippen LogP contribution < -0.4 is 33.1 Å². The van der Waals surface area contributed by atoms with Gasteiger partial charge in [0.1, 0.15) is 22.8 Å². The van der Waals surface area contributed by atoms with Gasteiger partial charge in [-0.05, 0) is 53.7 Å². The number of hydrogen-bond acceptors (Lipinski definition) is 9. The van der Waals surface area contributed by atoms with Gasteiger partial charge >= 0.3 is 29.5 Å². The summed E-state index contributed by atoms with van der Waals surface area (Å²) in [5, 5.41) is 14.3. The van der Waals surface area contributed by atoms with Crippen LogP contribution >= 0.6 is 23.2 Å². The predicted molar refractivity (Wildman–Crippen MR) is 201 cm³/mol. The number of halogens is 4. The number of hydrogen-bond donors (Lipinski definition) is 3. The van der Waals surface area contributed by atoms with Crippen molar-refractivity contribution >= 4 is 41.4 Å². The van der Waals surface area contributed by atoms with Crippen LogP contribution in [0.1, 0.15) is 47.7 Å². The summed E-state index contributed by atoms with van der Waals surface area (Å²) in [5.41, 5.74) is -8.12. The Morgan fingerprint density at radius 2 is 1.04 bits per heavy atom. The first kappa shape index (κ1) is 43.0. The van der Waals surface area contributed by atoms with Crippen LogP contribution in [0.2, 0.25) is 10.0 Å². The number of carboxylic acid groups (broad SMARTS) is 1. The number of nitrogens with zero attached hydrogens (tertiary/aromatic N) is 4. The summed E-state index contributed by atoms with van der Waals surface area (Å²) >= 11 is 12.4. The smallest absolute Gasteiger partial charge is 0.407 e. The third-order valence-electron chi connectivity index (χ3n) is 7.63. The van der Waals surface area contributed by atoms with E-state index in [1.165, 1.54) is 24.3 Å². The van der Waals surface area contributed by atoms with E-state index in [9.17, 15) is 47.4 Å². The second kappa shape index (κ2) is 16.9. The van der Waals surface area contributed by atoms with Crippen molar-refractivity contribution in [2.24, 2.45) is 0 Å². The first-order chi connectivity index (χ1) is 26.0. The Morgan fingerprint density at radius 1 is 0.679 bits per heavy atom. The third-order valence-corrected chi connectivity index (χ3v) is 8.40. The molecule has 2 aromatic carbocycles. The monoisotopic (exact) mass is 822 g/mol. The van der Waals surface area contributed by atoms with Gasteiger partial charge in [-0.3, -0.25) is 27.9 Å². The molecule has 4 aromatic rings. The molecule has 300 valence electrons. The number of alkyl carbamates (subject to hydrolysis) is 2. The lowest BCUT2D eigenvalue weighted by Gasteiger charge is -2.23. The zero-order valence-corrected chi connectivity index (χ0v) is 32.5. The van der Waals surface area contributed by atoms with E-state index >= 15 is 0 Å². The average molecular weight is 824 g/mol. The topological polar surface area (TPSA) is 202 Å². The van der Waals surface area contributed by atoms with E-state index in [-0.39, 0.29) is 11.1 Å². The number of nitrogens with one attached hydrogen (secondary N) is 2. The maximum absolute atomic E-state index is 14.7. The van der Waals surface area contributed by atoms with Gasteiger partial charge in [0.2, 0.25) is 6.17 Å². The molecule has 0 atom stereocenters. The number of benzene rings is 2. The molecule has 0 unspecified atom stereocenters. The molecule has 0 aliphatic heterocycles. The maximum atomic E-state index is 14.7. The molecule has 0 radical (unpaired) electrons. The quantitative estimate of drug-likeness (QED) is 0.194. The molecule has 0 saturated carbocycles. The minimum absolute atomic E-state index is 0.263. The molecular formula is C36H38Cl2F2N6O10. The van der Waals surface area contributed by atoms with Gasteiger partial charge in [-0.15, -0.1) is 0 Å². The van der Waals surface area contributed by atoms with Crippen LogP contribution in [0.15, 0.2) is 68.0 Å². The summed E-state index contributed by atoms with van der Waals surface area (Å²) in [6.07, 6.45) is -2.71. The average Bonchev–Trinajstić information content (AvgIpc) is 3.07. The van der Waals surface area contributed by atoms with E-state index in [2.05, 4.69) is 10.6 Å². The van der Waals surface area contributed by atoms with Crippen molar-refractivity contribution in [2.45, 2.75) is 72.0 Å². The summed E-state index contributed by atoms with van der Waals surface area (Å²) in [6.45, 7) is 7.63. The fourth-order valence-electron chi connectivity index (χ4n) is 5.32. The second-order valence-corrected chi connectivity index (χ2v) is 14.9. The van der Waals surface area contributed by atoms with Crippen molar-refractivity contribution in [3.8, 4) is 22.3 Å². The number of amides is 2. The van der Waals surface area contributed by atoms with E-state index in [0.717, 1.165) is 24.5 Å². The molecule has 0 fully saturated rings. The highest BCUT2D eigenvalue weighted by molar-refractivity contribution is 6.33. The lowest BCUT2D eigenvalue weighted by molar-refractivity contribution is -0.142. The summed E-state index contributed by atoms with van der Waals surface area (Å²) in [4.78, 5) is 93.8. The van der Waals surface area contributed by atoms with E-state index < -0.39 is 117 Å². The molecule has 2 amide bonds. The Morgan fingerprint density at radius 3 is 1.36 bits per heavy atom. The molecular weight excluding hydrogens is 785 g/mol. The lowest BCUT2D eigenvalue weighted by atomic mass is 10.1. The highest BCUT2D eigenvalue weighted by Gasteiger charge is 2.31. The van der Waals surface area contributed by atoms with E-state index in [4.69, 9.17) is 32.7 Å². The fraction of sp³-hybridized carbons (Fsp3) is 0.361. The van der Waals surface area contributed by atoms with Gasteiger partial charge in [0.05, 0.1) is 21.2 Å². The number of carbonyl (C=O) groups excluding carboxylic acids is 2. The molecule has 3 N–H and O–H groups in total. The van der Waals surface area contributed by atoms with Crippen LogP contribution in [0.5, 0.6) is 0 Å². The van der Waals surface area contributed by atoms with Gasteiger partial charge in [-0.25, -0.2) is 32.8 Å². The molecule has 0 saturated heterocycles. The SMILES string of the molecule is CC(C)(C)OC(=O)NCCn1c(=O)c(-c2cccc(F)c2Cl)cn(C(C(=O)O)n2cc(-c3cccc(F)c3Cl)c(=O)n(CCNC(=O)OC(C)(C)C)c2=O)c1=O. The molecule has 4 rings (SSSR count). The summed E-state index contributed by atoms with van der Waals surface area (Å²) in [5.74, 6) is -3.81. The third kappa shape index (κ3) is 9.91. The van der Waals surface area contributed by atoms with E-state index in [1.54, 1.807) is 41.5 Å². The maximum Gasteiger partial charge on any atom is 0.407 e. The summed E-state index contributed by atoms with van der Waals surface area (Å²) in [6, 6.07) is 6.84. The molecule has 2 heterocycles. The Balaban J connectivity index is 1.99. The molecule has 0 spiro atoms. The molecule has 56 heavy (non-hydrogen) atoms. The highest BCUT2D eigenvalue weighted by Crippen LogP contribution is 2.30. The first-order valence-electron chi connectivity index (χ1n) is 16.8. The van der Waals surface area contributed by atoms with Crippen molar-refractivity contribution in [3.05, 3.63) is 112 Å². The van der Waals surface area contributed by atoms with Crippen LogP contribution in [0.25, 0.3) is 22.3 Å². The second-order valence-electron chi connectivity index (χ2n) is 14.2. The molecule has 0 bridgehead atoms. The van der Waals surface area contributed by atoms with Gasteiger partial charge in [0.25, 0.3) is 11.1 Å². The normalized spacial score (nSPS) is 11.7. The molecule has 0 aliphatic carbocycles. The van der Waals surface area contributed by atoms with Crippen LogP contribution in [-0.2, 0) is 27.4 Å². The van der Waals surface area contributed by atoms with Gasteiger partial charge in [0, 0.05) is 49.7 Å². The molecule has 0 aliphatic rings. The van der Waals surface area contributed by atoms with Crippen molar-refractivity contribution < 1.29 is 37.7 Å². The van der Waals surface area contributed by atoms with E-state index in [1.807, 2.05) is 0 Å². The Kier molecular flexibility index (Phi) is 13.0. The van der Waals surface area contributed by atoms with Crippen molar-refractivity contribution in [1.82, 2.24) is 28.9 Å². The molecule has 16 nitrogen and oxygen atoms in total. The van der Waals surface area contributed by atoms with Gasteiger partial charge in [-0.1, -0.05) is 47.5 Å². The minimum Gasteiger partial charge on any atom is -0.478 e. The fourth-order valence-corrected chi connectivity index (χ4v) is 5.78. The lowest BCUT2D eigenvalue weighted by Crippen LogP contribution is -2.50. The highest BCUT2D eigenvalue weighted by atomic mass is 35.5. The zero-order valence-electron chi connectivity index (χ0n) is 30.9. The molecule has 20 heteroatoms. The number of carboxylic acids is 1. The Bertz CT molecular complexity index is 2270. The van der Waals surface area contributed by atoms with Crippen molar-refractivity contribution in [2.75, 3.05) is 13.1 Å². The van der Waals surface area contributed by atoms with E-state index in [0.29, 0.717) is 18.3 Å². The van der Waals surface area contributed by atoms with Crippen molar-refractivity contribution in [3.63, 3.8) is 0 Å². The van der Waals surface area contributed by atoms with Crippen LogP contribution in [0.4, 0.5) is 18.4 Å². The number of carbonyl (C=O) groups is 3. The molecule has 2 aromatic heterocycles. The summed E-state index contributed by atoms with van der Waals surface area (Å²) < 4.78 is 41.7. The Hall–Kier alpha value is -5.75. The van der Waals surface area contributed by atoms with Gasteiger partial charge in [0.15, 0.2) is 0 Å². The van der Waals surface area contributed by atoms with Gasteiger partial charge in [-0.2, -0.15) is 0 Å². The zero-order chi connectivity index (χ0) is 41.9. The number of ether oxygens (including phenoxy) is 2.